The molecule has 0 radical (unpaired) electrons. The van der Waals surface area contributed by atoms with Crippen LogP contribution < -0.4 is 5.32 Å². The van der Waals surface area contributed by atoms with E-state index in [2.05, 4.69) is 16.3 Å². The van der Waals surface area contributed by atoms with Gasteiger partial charge in [-0.25, -0.2) is 0 Å². The molecule has 1 aliphatic heterocycles. The van der Waals surface area contributed by atoms with Crippen LogP contribution in [0.4, 0.5) is 0 Å². The van der Waals surface area contributed by atoms with Crippen molar-refractivity contribution in [2.24, 2.45) is 5.92 Å². The number of carbonyl (C=O) groups is 1. The smallest absolute Gasteiger partial charge is 0.244 e. The summed E-state index contributed by atoms with van der Waals surface area (Å²) in [5, 5.41) is 3.04. The number of rotatable bonds is 6. The average molecular weight is 352 g/mol. The SMILES string of the molecule is Cc1cc(CN2CCC(CNC(=O)/C=C/c3ccccc3)CC2)c(C)o1. The molecule has 0 bridgehead atoms. The van der Waals surface area contributed by atoms with Crippen molar-refractivity contribution in [1.29, 1.82) is 0 Å². The molecule has 3 rings (SSSR count). The van der Waals surface area contributed by atoms with E-state index in [1.807, 2.05) is 50.3 Å². The number of carbonyl (C=O) groups excluding carboxylic acids is 1. The molecule has 1 amide bonds. The zero-order chi connectivity index (χ0) is 18.4. The Morgan fingerprint density at radius 3 is 2.62 bits per heavy atom. The second-order valence-electron chi connectivity index (χ2n) is 7.15. The lowest BCUT2D eigenvalue weighted by atomic mass is 9.96. The van der Waals surface area contributed by atoms with Gasteiger partial charge in [-0.15, -0.1) is 0 Å². The zero-order valence-corrected chi connectivity index (χ0v) is 15.7. The number of nitrogens with zero attached hydrogens (tertiary/aromatic N) is 1. The highest BCUT2D eigenvalue weighted by molar-refractivity contribution is 5.91. The molecule has 1 fully saturated rings. The third-order valence-corrected chi connectivity index (χ3v) is 5.04. The minimum Gasteiger partial charge on any atom is -0.466 e. The minimum absolute atomic E-state index is 0.0132. The maximum absolute atomic E-state index is 12.0. The zero-order valence-electron chi connectivity index (χ0n) is 15.7. The van der Waals surface area contributed by atoms with Crippen molar-refractivity contribution in [2.45, 2.75) is 33.2 Å². The standard InChI is InChI=1S/C22H28N2O2/c1-17-14-21(18(2)26-17)16-24-12-10-20(11-13-24)15-23-22(25)9-8-19-6-4-3-5-7-19/h3-9,14,20H,10-13,15-16H2,1-2H3,(H,23,25)/b9-8+. The van der Waals surface area contributed by atoms with Gasteiger partial charge in [0.25, 0.3) is 0 Å². The number of furan rings is 1. The third-order valence-electron chi connectivity index (χ3n) is 5.04. The van der Waals surface area contributed by atoms with E-state index in [1.54, 1.807) is 6.08 Å². The number of nitrogens with one attached hydrogen (secondary N) is 1. The maximum atomic E-state index is 12.0. The van der Waals surface area contributed by atoms with Gasteiger partial charge < -0.3 is 9.73 Å². The van der Waals surface area contributed by atoms with Crippen molar-refractivity contribution in [1.82, 2.24) is 10.2 Å². The molecule has 4 nitrogen and oxygen atoms in total. The average Bonchev–Trinajstić information content (AvgIpc) is 2.97. The number of hydrogen-bond donors (Lipinski definition) is 1. The van der Waals surface area contributed by atoms with Crippen LogP contribution in [-0.4, -0.2) is 30.4 Å². The van der Waals surface area contributed by atoms with Crippen LogP contribution in [0.3, 0.4) is 0 Å². The molecule has 138 valence electrons. The van der Waals surface area contributed by atoms with E-state index >= 15 is 0 Å². The first kappa shape index (κ1) is 18.5. The van der Waals surface area contributed by atoms with Gasteiger partial charge in [-0.2, -0.15) is 0 Å². The Kier molecular flexibility index (Phi) is 6.29. The summed E-state index contributed by atoms with van der Waals surface area (Å²) < 4.78 is 5.62. The van der Waals surface area contributed by atoms with Crippen LogP contribution >= 0.6 is 0 Å². The van der Waals surface area contributed by atoms with Crippen LogP contribution in [-0.2, 0) is 11.3 Å². The van der Waals surface area contributed by atoms with E-state index in [0.717, 1.165) is 56.1 Å². The monoisotopic (exact) mass is 352 g/mol. The summed E-state index contributed by atoms with van der Waals surface area (Å²) >= 11 is 0. The van der Waals surface area contributed by atoms with Gasteiger partial charge in [0.15, 0.2) is 0 Å². The van der Waals surface area contributed by atoms with Gasteiger partial charge in [0.2, 0.25) is 5.91 Å². The lowest BCUT2D eigenvalue weighted by molar-refractivity contribution is -0.116. The molecule has 2 heterocycles. The lowest BCUT2D eigenvalue weighted by Crippen LogP contribution is -2.38. The van der Waals surface area contributed by atoms with Crippen LogP contribution in [0.15, 0.2) is 46.9 Å². The molecule has 2 aromatic rings. The van der Waals surface area contributed by atoms with E-state index in [0.29, 0.717) is 5.92 Å². The summed E-state index contributed by atoms with van der Waals surface area (Å²) in [6.45, 7) is 7.90. The van der Waals surface area contributed by atoms with Crippen LogP contribution in [0.25, 0.3) is 6.08 Å². The van der Waals surface area contributed by atoms with Gasteiger partial charge in [-0.1, -0.05) is 30.3 Å². The van der Waals surface area contributed by atoms with E-state index in [1.165, 1.54) is 5.56 Å². The van der Waals surface area contributed by atoms with E-state index < -0.39 is 0 Å². The molecule has 1 aromatic heterocycles. The Bertz CT molecular complexity index is 741. The van der Waals surface area contributed by atoms with Gasteiger partial charge in [0.1, 0.15) is 11.5 Å². The highest BCUT2D eigenvalue weighted by Crippen LogP contribution is 2.21. The van der Waals surface area contributed by atoms with Crippen molar-refractivity contribution >= 4 is 12.0 Å². The number of benzene rings is 1. The number of amides is 1. The van der Waals surface area contributed by atoms with Crippen molar-refractivity contribution in [3.63, 3.8) is 0 Å². The Morgan fingerprint density at radius 1 is 1.23 bits per heavy atom. The largest absolute Gasteiger partial charge is 0.466 e. The molecule has 0 spiro atoms. The fourth-order valence-corrected chi connectivity index (χ4v) is 3.47. The van der Waals surface area contributed by atoms with Crippen molar-refractivity contribution in [2.75, 3.05) is 19.6 Å². The second kappa shape index (κ2) is 8.86. The minimum atomic E-state index is -0.0132. The molecule has 26 heavy (non-hydrogen) atoms. The van der Waals surface area contributed by atoms with Gasteiger partial charge in [-0.3, -0.25) is 9.69 Å². The van der Waals surface area contributed by atoms with Crippen molar-refractivity contribution < 1.29 is 9.21 Å². The number of aryl methyl sites for hydroxylation is 2. The first-order chi connectivity index (χ1) is 12.6. The van der Waals surface area contributed by atoms with Crippen molar-refractivity contribution in [3.8, 4) is 0 Å². The normalized spacial score (nSPS) is 16.2. The maximum Gasteiger partial charge on any atom is 0.244 e. The predicted molar refractivity (Wildman–Crippen MR) is 105 cm³/mol. The summed E-state index contributed by atoms with van der Waals surface area (Å²) in [7, 11) is 0. The van der Waals surface area contributed by atoms with Gasteiger partial charge in [-0.05, 0) is 63.4 Å². The number of likely N-dealkylation sites (tertiary alicyclic amines) is 1. The lowest BCUT2D eigenvalue weighted by Gasteiger charge is -2.31. The third kappa shape index (κ3) is 5.33. The van der Waals surface area contributed by atoms with Gasteiger partial charge in [0, 0.05) is 24.7 Å². The van der Waals surface area contributed by atoms with Gasteiger partial charge in [0.05, 0.1) is 0 Å². The first-order valence-corrected chi connectivity index (χ1v) is 9.39. The number of piperidine rings is 1. The Balaban J connectivity index is 1.38. The van der Waals surface area contributed by atoms with Crippen LogP contribution in [0, 0.1) is 19.8 Å². The predicted octanol–water partition coefficient (Wildman–Crippen LogP) is 3.94. The molecule has 4 heteroatoms. The van der Waals surface area contributed by atoms with E-state index in [-0.39, 0.29) is 5.91 Å². The molecule has 1 saturated heterocycles. The highest BCUT2D eigenvalue weighted by atomic mass is 16.3. The summed E-state index contributed by atoms with van der Waals surface area (Å²) in [6, 6.07) is 12.0. The Morgan fingerprint density at radius 2 is 1.96 bits per heavy atom. The molecule has 0 aliphatic carbocycles. The van der Waals surface area contributed by atoms with E-state index in [4.69, 9.17) is 4.42 Å². The Labute approximate surface area is 155 Å². The molecule has 1 N–H and O–H groups in total. The summed E-state index contributed by atoms with van der Waals surface area (Å²) in [4.78, 5) is 14.5. The molecule has 0 unspecified atom stereocenters. The highest BCUT2D eigenvalue weighted by Gasteiger charge is 2.20. The molecule has 0 atom stereocenters. The summed E-state index contributed by atoms with van der Waals surface area (Å²) in [5.74, 6) is 2.56. The van der Waals surface area contributed by atoms with Crippen LogP contribution in [0.1, 0.15) is 35.5 Å². The quantitative estimate of drug-likeness (QED) is 0.801. The molecule has 1 aromatic carbocycles. The van der Waals surface area contributed by atoms with Crippen LogP contribution in [0.5, 0.6) is 0 Å². The fourth-order valence-electron chi connectivity index (χ4n) is 3.47. The Hall–Kier alpha value is -2.33. The molecular formula is C22H28N2O2. The van der Waals surface area contributed by atoms with Crippen LogP contribution in [0.2, 0.25) is 0 Å². The molecule has 0 saturated carbocycles. The second-order valence-corrected chi connectivity index (χ2v) is 7.15. The topological polar surface area (TPSA) is 45.5 Å². The molecular weight excluding hydrogens is 324 g/mol. The molecule has 1 aliphatic rings. The summed E-state index contributed by atoms with van der Waals surface area (Å²) in [6.07, 6.45) is 5.72. The summed E-state index contributed by atoms with van der Waals surface area (Å²) in [5.41, 5.74) is 2.33. The van der Waals surface area contributed by atoms with Gasteiger partial charge >= 0.3 is 0 Å². The van der Waals surface area contributed by atoms with Crippen molar-refractivity contribution in [3.05, 3.63) is 65.1 Å². The van der Waals surface area contributed by atoms with E-state index in [9.17, 15) is 4.79 Å². The first-order valence-electron chi connectivity index (χ1n) is 9.39. The number of hydrogen-bond acceptors (Lipinski definition) is 3. The fraction of sp³-hybridized carbons (Fsp3) is 0.409.